The SMILES string of the molecule is CC(=O)N1CCC(N2C[C@H]3C[C@H](C2)c2ccc(-c4ccc(OC(F)(F)F)cc4)c(=O)n2C3)CC1. The molecule has 2 fully saturated rings. The maximum atomic E-state index is 13.3. The molecule has 0 aliphatic carbocycles. The summed E-state index contributed by atoms with van der Waals surface area (Å²) in [5, 5.41) is 0. The van der Waals surface area contributed by atoms with E-state index in [-0.39, 0.29) is 23.1 Å². The molecule has 0 unspecified atom stereocenters. The second kappa shape index (κ2) is 8.76. The largest absolute Gasteiger partial charge is 0.573 e. The lowest BCUT2D eigenvalue weighted by Crippen LogP contribution is -2.53. The second-order valence-corrected chi connectivity index (χ2v) is 9.65. The minimum Gasteiger partial charge on any atom is -0.406 e. The van der Waals surface area contributed by atoms with Crippen molar-refractivity contribution in [3.8, 4) is 16.9 Å². The number of ether oxygens (including phenoxy) is 1. The van der Waals surface area contributed by atoms with Crippen molar-refractivity contribution < 1.29 is 22.7 Å². The number of fused-ring (bicyclic) bond motifs is 4. The summed E-state index contributed by atoms with van der Waals surface area (Å²) in [6.07, 6.45) is -1.72. The number of piperidine rings is 2. The molecule has 3 aliphatic heterocycles. The fourth-order valence-electron chi connectivity index (χ4n) is 5.88. The molecule has 6 nitrogen and oxygen atoms in total. The van der Waals surface area contributed by atoms with E-state index in [1.54, 1.807) is 13.0 Å². The van der Waals surface area contributed by atoms with Gasteiger partial charge in [-0.15, -0.1) is 13.2 Å². The Morgan fingerprint density at radius 2 is 1.71 bits per heavy atom. The Morgan fingerprint density at radius 3 is 2.35 bits per heavy atom. The topological polar surface area (TPSA) is 54.8 Å². The molecule has 2 aromatic rings. The fraction of sp³-hybridized carbons (Fsp3) is 0.520. The molecule has 0 spiro atoms. The van der Waals surface area contributed by atoms with Crippen LogP contribution in [-0.4, -0.2) is 58.9 Å². The van der Waals surface area contributed by atoms with Crippen molar-refractivity contribution >= 4 is 5.91 Å². The van der Waals surface area contributed by atoms with Crippen LogP contribution in [0.15, 0.2) is 41.2 Å². The maximum Gasteiger partial charge on any atom is 0.573 e. The third-order valence-electron chi connectivity index (χ3n) is 7.46. The summed E-state index contributed by atoms with van der Waals surface area (Å²) in [7, 11) is 0. The van der Waals surface area contributed by atoms with Crippen molar-refractivity contribution in [3.63, 3.8) is 0 Å². The number of carbonyl (C=O) groups excluding carboxylic acids is 1. The molecule has 5 rings (SSSR count). The Bertz CT molecular complexity index is 1120. The van der Waals surface area contributed by atoms with Crippen molar-refractivity contribution in [2.75, 3.05) is 26.2 Å². The predicted molar refractivity (Wildman–Crippen MR) is 121 cm³/mol. The number of likely N-dealkylation sites (tertiary alicyclic amines) is 2. The van der Waals surface area contributed by atoms with Crippen molar-refractivity contribution in [2.45, 2.75) is 51.1 Å². The van der Waals surface area contributed by atoms with E-state index in [2.05, 4.69) is 9.64 Å². The Labute approximate surface area is 195 Å². The van der Waals surface area contributed by atoms with Gasteiger partial charge in [0, 0.05) is 62.9 Å². The number of benzene rings is 1. The van der Waals surface area contributed by atoms with Crippen LogP contribution in [0, 0.1) is 5.92 Å². The average molecular weight is 476 g/mol. The molecule has 3 aliphatic rings. The quantitative estimate of drug-likeness (QED) is 0.677. The van der Waals surface area contributed by atoms with Gasteiger partial charge in [0.1, 0.15) is 5.75 Å². The van der Waals surface area contributed by atoms with Gasteiger partial charge in [-0.25, -0.2) is 0 Å². The summed E-state index contributed by atoms with van der Waals surface area (Å²) in [6, 6.07) is 9.70. The molecule has 0 radical (unpaired) electrons. The molecule has 4 heterocycles. The summed E-state index contributed by atoms with van der Waals surface area (Å²) < 4.78 is 43.1. The minimum absolute atomic E-state index is 0.0973. The molecule has 1 aromatic carbocycles. The number of hydrogen-bond donors (Lipinski definition) is 0. The standard InChI is InChI=1S/C25H28F3N3O3/c1-16(32)29-10-8-20(9-11-29)30-13-17-12-19(15-30)23-7-6-22(24(33)31(23)14-17)18-2-4-21(5-3-18)34-25(26,27)28/h2-7,17,19-20H,8-15H2,1H3/t17-,19-/m1/s1. The Hall–Kier alpha value is -2.81. The Kier molecular flexibility index (Phi) is 5.91. The van der Waals surface area contributed by atoms with Gasteiger partial charge < -0.3 is 14.2 Å². The molecule has 0 N–H and O–H groups in total. The first-order valence-corrected chi connectivity index (χ1v) is 11.8. The van der Waals surface area contributed by atoms with Crippen LogP contribution in [0.2, 0.25) is 0 Å². The number of pyridine rings is 1. The van der Waals surface area contributed by atoms with Crippen LogP contribution >= 0.6 is 0 Å². The highest BCUT2D eigenvalue weighted by Crippen LogP contribution is 2.38. The van der Waals surface area contributed by atoms with Crippen LogP contribution in [0.3, 0.4) is 0 Å². The van der Waals surface area contributed by atoms with Crippen LogP contribution in [0.5, 0.6) is 5.75 Å². The number of amides is 1. The molecule has 1 aromatic heterocycles. The molecule has 9 heteroatoms. The van der Waals surface area contributed by atoms with Crippen LogP contribution in [-0.2, 0) is 11.3 Å². The second-order valence-electron chi connectivity index (χ2n) is 9.65. The number of nitrogens with zero attached hydrogens (tertiary/aromatic N) is 3. The monoisotopic (exact) mass is 475 g/mol. The van der Waals surface area contributed by atoms with Gasteiger partial charge >= 0.3 is 6.36 Å². The fourth-order valence-corrected chi connectivity index (χ4v) is 5.88. The van der Waals surface area contributed by atoms with Gasteiger partial charge in [-0.2, -0.15) is 0 Å². The molecule has 1 amide bonds. The number of carbonyl (C=O) groups is 1. The maximum absolute atomic E-state index is 13.3. The van der Waals surface area contributed by atoms with Crippen LogP contribution < -0.4 is 10.3 Å². The van der Waals surface area contributed by atoms with Gasteiger partial charge in [-0.05, 0) is 55.0 Å². The zero-order chi connectivity index (χ0) is 24.0. The zero-order valence-corrected chi connectivity index (χ0v) is 19.1. The molecule has 2 atom stereocenters. The lowest BCUT2D eigenvalue weighted by molar-refractivity contribution is -0.274. The molecular weight excluding hydrogens is 447 g/mol. The van der Waals surface area contributed by atoms with Gasteiger partial charge in [-0.1, -0.05) is 12.1 Å². The lowest BCUT2D eigenvalue weighted by Gasteiger charge is -2.47. The number of aromatic nitrogens is 1. The van der Waals surface area contributed by atoms with E-state index in [9.17, 15) is 22.8 Å². The average Bonchev–Trinajstić information content (AvgIpc) is 2.79. The van der Waals surface area contributed by atoms with E-state index in [4.69, 9.17) is 0 Å². The van der Waals surface area contributed by atoms with E-state index in [1.807, 2.05) is 15.5 Å². The van der Waals surface area contributed by atoms with Crippen LogP contribution in [0.1, 0.15) is 37.8 Å². The molecule has 182 valence electrons. The van der Waals surface area contributed by atoms with E-state index in [0.717, 1.165) is 51.1 Å². The highest BCUT2D eigenvalue weighted by atomic mass is 19.4. The molecule has 2 saturated heterocycles. The van der Waals surface area contributed by atoms with E-state index >= 15 is 0 Å². The smallest absolute Gasteiger partial charge is 0.406 e. The number of hydrogen-bond acceptors (Lipinski definition) is 4. The van der Waals surface area contributed by atoms with Gasteiger partial charge in [-0.3, -0.25) is 14.5 Å². The highest BCUT2D eigenvalue weighted by Gasteiger charge is 2.38. The molecular formula is C25H28F3N3O3. The van der Waals surface area contributed by atoms with Crippen molar-refractivity contribution in [2.24, 2.45) is 5.92 Å². The minimum atomic E-state index is -4.75. The van der Waals surface area contributed by atoms with Crippen molar-refractivity contribution in [1.29, 1.82) is 0 Å². The molecule has 2 bridgehead atoms. The van der Waals surface area contributed by atoms with Gasteiger partial charge in [0.2, 0.25) is 5.91 Å². The van der Waals surface area contributed by atoms with Crippen molar-refractivity contribution in [1.82, 2.24) is 14.4 Å². The Balaban J connectivity index is 1.33. The van der Waals surface area contributed by atoms with Gasteiger partial charge in [0.25, 0.3) is 5.56 Å². The van der Waals surface area contributed by atoms with Crippen LogP contribution in [0.4, 0.5) is 13.2 Å². The summed E-state index contributed by atoms with van der Waals surface area (Å²) in [5.41, 5.74) is 1.99. The Morgan fingerprint density at radius 1 is 1.00 bits per heavy atom. The van der Waals surface area contributed by atoms with Crippen molar-refractivity contribution in [3.05, 3.63) is 52.4 Å². The highest BCUT2D eigenvalue weighted by molar-refractivity contribution is 5.73. The first-order valence-electron chi connectivity index (χ1n) is 11.8. The summed E-state index contributed by atoms with van der Waals surface area (Å²) in [5.74, 6) is 0.494. The number of rotatable bonds is 3. The normalized spacial score (nSPS) is 23.5. The third kappa shape index (κ3) is 4.58. The van der Waals surface area contributed by atoms with Gasteiger partial charge in [0.05, 0.1) is 0 Å². The van der Waals surface area contributed by atoms with Gasteiger partial charge in [0.15, 0.2) is 0 Å². The van der Waals surface area contributed by atoms with Crippen LogP contribution in [0.25, 0.3) is 11.1 Å². The molecule has 34 heavy (non-hydrogen) atoms. The predicted octanol–water partition coefficient (Wildman–Crippen LogP) is 3.84. The van der Waals surface area contributed by atoms with E-state index in [1.165, 1.54) is 24.3 Å². The third-order valence-corrected chi connectivity index (χ3v) is 7.46. The number of halogens is 3. The first kappa shape index (κ1) is 23.0. The summed E-state index contributed by atoms with van der Waals surface area (Å²) in [6.45, 7) is 5.73. The first-order chi connectivity index (χ1) is 16.2. The summed E-state index contributed by atoms with van der Waals surface area (Å²) in [4.78, 5) is 29.5. The van der Waals surface area contributed by atoms with E-state index < -0.39 is 6.36 Å². The summed E-state index contributed by atoms with van der Waals surface area (Å²) >= 11 is 0. The number of alkyl halides is 3. The lowest BCUT2D eigenvalue weighted by atomic mass is 9.81. The zero-order valence-electron chi connectivity index (χ0n) is 19.1. The van der Waals surface area contributed by atoms with E-state index in [0.29, 0.717) is 29.6 Å². The molecule has 0 saturated carbocycles.